The van der Waals surface area contributed by atoms with Crippen LogP contribution in [0.1, 0.15) is 50.4 Å². The Labute approximate surface area is 181 Å². The fourth-order valence-corrected chi connectivity index (χ4v) is 4.18. The maximum Gasteiger partial charge on any atom is 0.407 e. The molecule has 3 heterocycles. The number of nitrogens with one attached hydrogen (secondary N) is 3. The van der Waals surface area contributed by atoms with Crippen LogP contribution in [0.3, 0.4) is 0 Å². The molecule has 0 bridgehead atoms. The normalized spacial score (nSPS) is 18.6. The number of fused-ring (bicyclic) bond motifs is 1. The number of aromatic amines is 1. The highest BCUT2D eigenvalue weighted by Crippen LogP contribution is 2.36. The zero-order valence-electron chi connectivity index (χ0n) is 18.4. The number of nitrogens with zero attached hydrogens (tertiary/aromatic N) is 3. The Morgan fingerprint density at radius 2 is 2.19 bits per heavy atom. The van der Waals surface area contributed by atoms with Crippen LogP contribution in [-0.2, 0) is 23.1 Å². The number of alkyl carbamates (subject to hydrolysis) is 1. The number of carbonyl (C=O) groups excluding carboxylic acids is 1. The van der Waals surface area contributed by atoms with Crippen molar-refractivity contribution in [2.24, 2.45) is 7.05 Å². The van der Waals surface area contributed by atoms with Gasteiger partial charge < -0.3 is 24.7 Å². The standard InChI is InChI=1S/C22H30N6O3/c1-13(2)24-22(29)31-16-6-5-14(9-16)18-11-20(27-26-18)25-21-17-10-15(12-30-4)28(3)19(17)7-8-23-21/h7-8,10-11,13-14,16H,5-6,9,12H2,1-4H3,(H,24,29)(H2,23,25,26,27)/t14-,16+/m0/s1. The van der Waals surface area contributed by atoms with Crippen molar-refractivity contribution in [1.29, 1.82) is 0 Å². The number of pyridine rings is 1. The van der Waals surface area contributed by atoms with Gasteiger partial charge in [0.05, 0.1) is 12.1 Å². The smallest absolute Gasteiger partial charge is 0.407 e. The van der Waals surface area contributed by atoms with Crippen LogP contribution in [0, 0.1) is 0 Å². The van der Waals surface area contributed by atoms with E-state index in [1.165, 1.54) is 0 Å². The van der Waals surface area contributed by atoms with E-state index in [1.807, 2.05) is 33.0 Å². The zero-order valence-corrected chi connectivity index (χ0v) is 18.4. The highest BCUT2D eigenvalue weighted by atomic mass is 16.6. The number of anilines is 2. The summed E-state index contributed by atoms with van der Waals surface area (Å²) in [6, 6.07) is 6.16. The van der Waals surface area contributed by atoms with Crippen molar-refractivity contribution in [3.8, 4) is 0 Å². The topological polar surface area (TPSA) is 106 Å². The highest BCUT2D eigenvalue weighted by Gasteiger charge is 2.30. The molecule has 3 N–H and O–H groups in total. The average Bonchev–Trinajstić information content (AvgIpc) is 3.43. The van der Waals surface area contributed by atoms with Gasteiger partial charge in [0.25, 0.3) is 0 Å². The molecule has 1 aliphatic rings. The van der Waals surface area contributed by atoms with Gasteiger partial charge in [0.15, 0.2) is 5.82 Å². The van der Waals surface area contributed by atoms with Gasteiger partial charge in [-0.3, -0.25) is 5.10 Å². The first-order valence-corrected chi connectivity index (χ1v) is 10.7. The van der Waals surface area contributed by atoms with E-state index < -0.39 is 0 Å². The first-order chi connectivity index (χ1) is 14.9. The van der Waals surface area contributed by atoms with E-state index in [1.54, 1.807) is 13.3 Å². The average molecular weight is 427 g/mol. The fraction of sp³-hybridized carbons (Fsp3) is 0.500. The van der Waals surface area contributed by atoms with Crippen LogP contribution in [0.2, 0.25) is 0 Å². The van der Waals surface area contributed by atoms with E-state index in [0.29, 0.717) is 12.4 Å². The van der Waals surface area contributed by atoms with Gasteiger partial charge in [-0.1, -0.05) is 0 Å². The number of H-pyrrole nitrogens is 1. The Hall–Kier alpha value is -3.07. The second-order valence-corrected chi connectivity index (χ2v) is 8.39. The molecular weight excluding hydrogens is 396 g/mol. The molecule has 166 valence electrons. The molecule has 0 radical (unpaired) electrons. The predicted octanol–water partition coefficient (Wildman–Crippen LogP) is 3.96. The van der Waals surface area contributed by atoms with Gasteiger partial charge in [-0.2, -0.15) is 5.10 Å². The van der Waals surface area contributed by atoms with E-state index in [-0.39, 0.29) is 24.2 Å². The summed E-state index contributed by atoms with van der Waals surface area (Å²) < 4.78 is 12.9. The number of rotatable bonds is 7. The monoisotopic (exact) mass is 426 g/mol. The molecule has 1 saturated carbocycles. The first kappa shape index (κ1) is 21.2. The van der Waals surface area contributed by atoms with Crippen molar-refractivity contribution in [2.75, 3.05) is 12.4 Å². The lowest BCUT2D eigenvalue weighted by Crippen LogP contribution is -2.33. The van der Waals surface area contributed by atoms with E-state index in [0.717, 1.165) is 47.4 Å². The maximum absolute atomic E-state index is 11.9. The Morgan fingerprint density at radius 1 is 1.35 bits per heavy atom. The van der Waals surface area contributed by atoms with Gasteiger partial charge >= 0.3 is 6.09 Å². The van der Waals surface area contributed by atoms with Gasteiger partial charge in [-0.15, -0.1) is 0 Å². The number of hydrogen-bond donors (Lipinski definition) is 3. The van der Waals surface area contributed by atoms with Crippen molar-refractivity contribution in [3.05, 3.63) is 35.8 Å². The Kier molecular flexibility index (Phi) is 6.13. The molecular formula is C22H30N6O3. The Balaban J connectivity index is 1.43. The van der Waals surface area contributed by atoms with Crippen molar-refractivity contribution >= 4 is 28.6 Å². The van der Waals surface area contributed by atoms with E-state index in [9.17, 15) is 4.79 Å². The van der Waals surface area contributed by atoms with Crippen LogP contribution in [-0.4, -0.2) is 45.1 Å². The van der Waals surface area contributed by atoms with Crippen molar-refractivity contribution in [1.82, 2.24) is 25.1 Å². The fourth-order valence-electron chi connectivity index (χ4n) is 4.18. The maximum atomic E-state index is 11.9. The summed E-state index contributed by atoms with van der Waals surface area (Å²) in [7, 11) is 3.71. The number of hydrogen-bond acceptors (Lipinski definition) is 6. The van der Waals surface area contributed by atoms with Crippen LogP contribution in [0.15, 0.2) is 24.4 Å². The van der Waals surface area contributed by atoms with Crippen LogP contribution in [0.5, 0.6) is 0 Å². The number of amides is 1. The highest BCUT2D eigenvalue weighted by molar-refractivity contribution is 5.92. The second-order valence-electron chi connectivity index (χ2n) is 8.39. The third kappa shape index (κ3) is 4.66. The van der Waals surface area contributed by atoms with Crippen molar-refractivity contribution in [3.63, 3.8) is 0 Å². The number of aryl methyl sites for hydroxylation is 1. The molecule has 0 spiro atoms. The van der Waals surface area contributed by atoms with E-state index in [2.05, 4.69) is 36.4 Å². The molecule has 0 saturated heterocycles. The number of carbonyl (C=O) groups is 1. The summed E-state index contributed by atoms with van der Waals surface area (Å²) in [4.78, 5) is 16.4. The molecule has 0 unspecified atom stereocenters. The van der Waals surface area contributed by atoms with Crippen molar-refractivity contribution in [2.45, 2.75) is 57.8 Å². The molecule has 2 atom stereocenters. The summed E-state index contributed by atoms with van der Waals surface area (Å²) in [5, 5.41) is 14.7. The van der Waals surface area contributed by atoms with Crippen LogP contribution in [0.4, 0.5) is 16.4 Å². The van der Waals surface area contributed by atoms with Crippen LogP contribution >= 0.6 is 0 Å². The third-order valence-electron chi connectivity index (χ3n) is 5.71. The Morgan fingerprint density at radius 3 is 2.97 bits per heavy atom. The van der Waals surface area contributed by atoms with E-state index in [4.69, 9.17) is 9.47 Å². The van der Waals surface area contributed by atoms with E-state index >= 15 is 0 Å². The molecule has 3 aromatic rings. The lowest BCUT2D eigenvalue weighted by Gasteiger charge is -2.14. The molecule has 1 fully saturated rings. The van der Waals surface area contributed by atoms with Gasteiger partial charge in [-0.05, 0) is 45.2 Å². The van der Waals surface area contributed by atoms with Gasteiger partial charge in [0.1, 0.15) is 11.9 Å². The molecule has 9 heteroatoms. The lowest BCUT2D eigenvalue weighted by molar-refractivity contribution is 0.0981. The zero-order chi connectivity index (χ0) is 22.0. The molecule has 3 aromatic heterocycles. The molecule has 1 aliphatic carbocycles. The minimum absolute atomic E-state index is 0.0672. The number of aromatic nitrogens is 4. The van der Waals surface area contributed by atoms with Crippen LogP contribution in [0.25, 0.3) is 10.9 Å². The first-order valence-electron chi connectivity index (χ1n) is 10.7. The summed E-state index contributed by atoms with van der Waals surface area (Å²) in [5.41, 5.74) is 3.20. The summed E-state index contributed by atoms with van der Waals surface area (Å²) in [6.07, 6.45) is 3.97. The molecule has 1 amide bonds. The second kappa shape index (κ2) is 8.97. The molecule has 9 nitrogen and oxygen atoms in total. The number of methoxy groups -OCH3 is 1. The summed E-state index contributed by atoms with van der Waals surface area (Å²) in [6.45, 7) is 4.37. The molecule has 4 rings (SSSR count). The van der Waals surface area contributed by atoms with Gasteiger partial charge in [-0.25, -0.2) is 9.78 Å². The minimum atomic E-state index is -0.345. The molecule has 0 aliphatic heterocycles. The largest absolute Gasteiger partial charge is 0.446 e. The summed E-state index contributed by atoms with van der Waals surface area (Å²) in [5.74, 6) is 1.76. The minimum Gasteiger partial charge on any atom is -0.446 e. The van der Waals surface area contributed by atoms with Crippen molar-refractivity contribution < 1.29 is 14.3 Å². The quantitative estimate of drug-likeness (QED) is 0.528. The molecule has 0 aromatic carbocycles. The van der Waals surface area contributed by atoms with Gasteiger partial charge in [0, 0.05) is 55.2 Å². The SMILES string of the molecule is COCc1cc2c(Nc3cc([C@H]4CC[C@@H](OC(=O)NC(C)C)C4)[nH]n3)nccc2n1C. The number of ether oxygens (including phenoxy) is 2. The molecule has 31 heavy (non-hydrogen) atoms. The van der Waals surface area contributed by atoms with Gasteiger partial charge in [0.2, 0.25) is 0 Å². The predicted molar refractivity (Wildman–Crippen MR) is 118 cm³/mol. The third-order valence-corrected chi connectivity index (χ3v) is 5.71. The summed E-state index contributed by atoms with van der Waals surface area (Å²) >= 11 is 0. The van der Waals surface area contributed by atoms with Crippen LogP contribution < -0.4 is 10.6 Å². The Bertz CT molecular complexity index is 1060. The lowest BCUT2D eigenvalue weighted by atomic mass is 10.0.